The lowest BCUT2D eigenvalue weighted by Gasteiger charge is -2.09. The van der Waals surface area contributed by atoms with E-state index in [4.69, 9.17) is 27.9 Å². The monoisotopic (exact) mass is 387 g/mol. The zero-order valence-corrected chi connectivity index (χ0v) is 15.2. The highest BCUT2D eigenvalue weighted by molar-refractivity contribution is 6.35. The minimum atomic E-state index is -0.252. The average molecular weight is 388 g/mol. The molecule has 0 saturated heterocycles. The van der Waals surface area contributed by atoms with Crippen molar-refractivity contribution in [3.63, 3.8) is 0 Å². The molecule has 0 fully saturated rings. The summed E-state index contributed by atoms with van der Waals surface area (Å²) in [6, 6.07) is 12.4. The molecule has 0 atom stereocenters. The Labute approximate surface area is 161 Å². The Morgan fingerprint density at radius 3 is 2.62 bits per heavy atom. The van der Waals surface area contributed by atoms with Crippen LogP contribution < -0.4 is 10.1 Å². The Kier molecular flexibility index (Phi) is 6.04. The van der Waals surface area contributed by atoms with Gasteiger partial charge in [-0.15, -0.1) is 0 Å². The van der Waals surface area contributed by atoms with Crippen molar-refractivity contribution in [1.29, 1.82) is 0 Å². The number of hydrogen-bond donors (Lipinski definition) is 1. The molecule has 26 heavy (non-hydrogen) atoms. The quantitative estimate of drug-likeness (QED) is 0.689. The van der Waals surface area contributed by atoms with E-state index in [0.29, 0.717) is 22.3 Å². The summed E-state index contributed by atoms with van der Waals surface area (Å²) in [5.41, 5.74) is 2.72. The number of amides is 1. The van der Waals surface area contributed by atoms with Crippen molar-refractivity contribution in [2.45, 2.75) is 6.54 Å². The minimum absolute atomic E-state index is 0.135. The Hall–Kier alpha value is -2.63. The van der Waals surface area contributed by atoms with Crippen molar-refractivity contribution in [2.75, 3.05) is 6.61 Å². The maximum Gasteiger partial charge on any atom is 0.258 e. The van der Waals surface area contributed by atoms with Crippen LogP contribution in [0.5, 0.6) is 5.75 Å². The number of nitrogens with one attached hydrogen (secondary N) is 1. The molecule has 1 N–H and O–H groups in total. The summed E-state index contributed by atoms with van der Waals surface area (Å²) < 4.78 is 5.41. The van der Waals surface area contributed by atoms with Crippen LogP contribution in [0.25, 0.3) is 11.3 Å². The average Bonchev–Trinajstić information content (AvgIpc) is 2.66. The van der Waals surface area contributed by atoms with E-state index < -0.39 is 0 Å². The molecule has 0 bridgehead atoms. The van der Waals surface area contributed by atoms with E-state index in [1.54, 1.807) is 36.8 Å². The second-order valence-corrected chi connectivity index (χ2v) is 6.27. The second-order valence-electron chi connectivity index (χ2n) is 5.43. The molecule has 3 rings (SSSR count). The predicted molar refractivity (Wildman–Crippen MR) is 101 cm³/mol. The van der Waals surface area contributed by atoms with Gasteiger partial charge in [0.1, 0.15) is 5.75 Å². The fraction of sp³-hybridized carbons (Fsp3) is 0.105. The van der Waals surface area contributed by atoms with Crippen LogP contribution in [0.15, 0.2) is 61.1 Å². The summed E-state index contributed by atoms with van der Waals surface area (Å²) in [7, 11) is 0. The van der Waals surface area contributed by atoms with Crippen molar-refractivity contribution in [3.05, 3.63) is 76.7 Å². The highest BCUT2D eigenvalue weighted by Crippen LogP contribution is 2.27. The topological polar surface area (TPSA) is 64.1 Å². The number of nitrogens with zero attached hydrogens (tertiary/aromatic N) is 2. The molecule has 5 nitrogen and oxygen atoms in total. The van der Waals surface area contributed by atoms with Gasteiger partial charge < -0.3 is 10.1 Å². The van der Waals surface area contributed by atoms with Gasteiger partial charge in [0.25, 0.3) is 5.91 Å². The van der Waals surface area contributed by atoms with Gasteiger partial charge in [-0.25, -0.2) is 0 Å². The molecule has 1 aromatic carbocycles. The van der Waals surface area contributed by atoms with Crippen LogP contribution in [0, 0.1) is 0 Å². The largest absolute Gasteiger partial charge is 0.482 e. The molecule has 0 aliphatic heterocycles. The summed E-state index contributed by atoms with van der Waals surface area (Å²) in [6.07, 6.45) is 5.14. The standard InChI is InChI=1S/C19H15Cl2N3O2/c20-15-1-2-18(16(21)10-15)26-12-19(25)24-11-13-3-8-23-17(9-13)14-4-6-22-7-5-14/h1-10H,11-12H2,(H,24,25). The fourth-order valence-electron chi connectivity index (χ4n) is 2.25. The fourth-order valence-corrected chi connectivity index (χ4v) is 2.72. The Bertz CT molecular complexity index is 904. The Balaban J connectivity index is 1.55. The molecule has 2 aromatic heterocycles. The SMILES string of the molecule is O=C(COc1ccc(Cl)cc1Cl)NCc1ccnc(-c2ccncc2)c1. The maximum absolute atomic E-state index is 12.0. The van der Waals surface area contributed by atoms with E-state index in [1.807, 2.05) is 24.3 Å². The lowest BCUT2D eigenvalue weighted by Crippen LogP contribution is -2.28. The van der Waals surface area contributed by atoms with E-state index in [1.165, 1.54) is 0 Å². The molecule has 132 valence electrons. The maximum atomic E-state index is 12.0. The molecule has 0 saturated carbocycles. The molecular formula is C19H15Cl2N3O2. The molecule has 2 heterocycles. The van der Waals surface area contributed by atoms with Crippen molar-refractivity contribution in [1.82, 2.24) is 15.3 Å². The molecular weight excluding hydrogens is 373 g/mol. The van der Waals surface area contributed by atoms with Gasteiger partial charge in [0.15, 0.2) is 6.61 Å². The third-order valence-corrected chi connectivity index (χ3v) is 4.07. The zero-order valence-electron chi connectivity index (χ0n) is 13.7. The smallest absolute Gasteiger partial charge is 0.258 e. The molecule has 0 spiro atoms. The lowest BCUT2D eigenvalue weighted by atomic mass is 10.1. The van der Waals surface area contributed by atoms with Crippen LogP contribution in [0.2, 0.25) is 10.0 Å². The van der Waals surface area contributed by atoms with Crippen LogP contribution in [-0.4, -0.2) is 22.5 Å². The van der Waals surface area contributed by atoms with Crippen LogP contribution in [0.3, 0.4) is 0 Å². The van der Waals surface area contributed by atoms with E-state index in [-0.39, 0.29) is 12.5 Å². The number of pyridine rings is 2. The molecule has 0 unspecified atom stereocenters. The Morgan fingerprint density at radius 2 is 1.85 bits per heavy atom. The van der Waals surface area contributed by atoms with Crippen LogP contribution in [-0.2, 0) is 11.3 Å². The van der Waals surface area contributed by atoms with Gasteiger partial charge in [-0.2, -0.15) is 0 Å². The van der Waals surface area contributed by atoms with E-state index in [2.05, 4.69) is 15.3 Å². The van der Waals surface area contributed by atoms with E-state index in [0.717, 1.165) is 16.8 Å². The van der Waals surface area contributed by atoms with Gasteiger partial charge in [0, 0.05) is 35.7 Å². The molecule has 1 amide bonds. The number of rotatable bonds is 6. The third kappa shape index (κ3) is 4.94. The van der Waals surface area contributed by atoms with Crippen LogP contribution in [0.4, 0.5) is 0 Å². The van der Waals surface area contributed by atoms with Crippen molar-refractivity contribution < 1.29 is 9.53 Å². The van der Waals surface area contributed by atoms with Crippen molar-refractivity contribution in [2.24, 2.45) is 0 Å². The highest BCUT2D eigenvalue weighted by atomic mass is 35.5. The van der Waals surface area contributed by atoms with Crippen molar-refractivity contribution in [3.8, 4) is 17.0 Å². The van der Waals surface area contributed by atoms with E-state index in [9.17, 15) is 4.79 Å². The normalized spacial score (nSPS) is 10.4. The first-order valence-corrected chi connectivity index (χ1v) is 8.57. The first-order chi connectivity index (χ1) is 12.6. The number of aromatic nitrogens is 2. The van der Waals surface area contributed by atoms with E-state index >= 15 is 0 Å². The number of benzene rings is 1. The third-order valence-electron chi connectivity index (χ3n) is 3.54. The van der Waals surface area contributed by atoms with Crippen LogP contribution >= 0.6 is 23.2 Å². The van der Waals surface area contributed by atoms with Crippen LogP contribution in [0.1, 0.15) is 5.56 Å². The summed E-state index contributed by atoms with van der Waals surface area (Å²) in [4.78, 5) is 20.3. The number of halogens is 2. The number of carbonyl (C=O) groups excluding carboxylic acids is 1. The summed E-state index contributed by atoms with van der Waals surface area (Å²) in [6.45, 7) is 0.237. The first kappa shape index (κ1) is 18.2. The van der Waals surface area contributed by atoms with Crippen molar-refractivity contribution >= 4 is 29.1 Å². The van der Waals surface area contributed by atoms with Gasteiger partial charge in [0.05, 0.1) is 10.7 Å². The lowest BCUT2D eigenvalue weighted by molar-refractivity contribution is -0.123. The minimum Gasteiger partial charge on any atom is -0.482 e. The number of hydrogen-bond acceptors (Lipinski definition) is 4. The zero-order chi connectivity index (χ0) is 18.4. The first-order valence-electron chi connectivity index (χ1n) is 7.82. The number of ether oxygens (including phenoxy) is 1. The predicted octanol–water partition coefficient (Wildman–Crippen LogP) is 4.15. The van der Waals surface area contributed by atoms with Gasteiger partial charge in [0.2, 0.25) is 0 Å². The molecule has 0 aliphatic carbocycles. The van der Waals surface area contributed by atoms with Gasteiger partial charge in [-0.3, -0.25) is 14.8 Å². The van der Waals surface area contributed by atoms with Gasteiger partial charge in [-0.1, -0.05) is 23.2 Å². The summed E-state index contributed by atoms with van der Waals surface area (Å²) in [5.74, 6) is 0.161. The summed E-state index contributed by atoms with van der Waals surface area (Å²) >= 11 is 11.8. The van der Waals surface area contributed by atoms with Gasteiger partial charge in [-0.05, 0) is 48.0 Å². The Morgan fingerprint density at radius 1 is 1.04 bits per heavy atom. The molecule has 7 heteroatoms. The summed E-state index contributed by atoms with van der Waals surface area (Å²) in [5, 5.41) is 3.68. The highest BCUT2D eigenvalue weighted by Gasteiger charge is 2.07. The van der Waals surface area contributed by atoms with Gasteiger partial charge >= 0.3 is 0 Å². The molecule has 0 aliphatic rings. The molecule has 3 aromatic rings. The number of carbonyl (C=O) groups is 1. The molecule has 0 radical (unpaired) electrons. The second kappa shape index (κ2) is 8.65.